The van der Waals surface area contributed by atoms with Crippen molar-refractivity contribution in [2.24, 2.45) is 5.41 Å². The van der Waals surface area contributed by atoms with Crippen molar-refractivity contribution in [3.63, 3.8) is 0 Å². The quantitative estimate of drug-likeness (QED) is 0.616. The predicted octanol–water partition coefficient (Wildman–Crippen LogP) is 1.32. The lowest BCUT2D eigenvalue weighted by Crippen LogP contribution is -2.49. The highest BCUT2D eigenvalue weighted by atomic mass is 16.5. The number of ether oxygens (including phenoxy) is 1. The third-order valence-electron chi connectivity index (χ3n) is 2.81. The Balaban J connectivity index is 1.77. The first kappa shape index (κ1) is 8.52. The van der Waals surface area contributed by atoms with Crippen molar-refractivity contribution < 1.29 is 4.74 Å². The first-order valence-corrected chi connectivity index (χ1v) is 4.90. The van der Waals surface area contributed by atoms with Crippen molar-refractivity contribution in [3.05, 3.63) is 6.42 Å². The molecule has 0 aromatic rings. The molecular formula is C10H18NO. The van der Waals surface area contributed by atoms with Crippen molar-refractivity contribution in [2.75, 3.05) is 32.8 Å². The van der Waals surface area contributed by atoms with Gasteiger partial charge < -0.3 is 9.64 Å². The Hall–Kier alpha value is -0.0800. The molecule has 0 spiro atoms. The van der Waals surface area contributed by atoms with E-state index in [-0.39, 0.29) is 0 Å². The van der Waals surface area contributed by atoms with Crippen LogP contribution in [0.2, 0.25) is 0 Å². The van der Waals surface area contributed by atoms with Crippen LogP contribution in [0.25, 0.3) is 0 Å². The second kappa shape index (κ2) is 3.35. The molecule has 0 unspecified atom stereocenters. The molecule has 69 valence electrons. The molecule has 2 fully saturated rings. The summed E-state index contributed by atoms with van der Waals surface area (Å²) in [5.74, 6) is 0. The summed E-state index contributed by atoms with van der Waals surface area (Å²) >= 11 is 0. The standard InChI is InChI=1S/C10H18NO/c1-10(8-12-9-10)7-11-5-3-2-4-6-11/h2H,3-9H2,1H3. The van der Waals surface area contributed by atoms with Crippen LogP contribution in [0.4, 0.5) is 0 Å². The number of likely N-dealkylation sites (tertiary alicyclic amines) is 1. The summed E-state index contributed by atoms with van der Waals surface area (Å²) in [5, 5.41) is 0. The predicted molar refractivity (Wildman–Crippen MR) is 48.9 cm³/mol. The third kappa shape index (κ3) is 1.80. The van der Waals surface area contributed by atoms with E-state index >= 15 is 0 Å². The van der Waals surface area contributed by atoms with Crippen LogP contribution in [-0.2, 0) is 4.74 Å². The van der Waals surface area contributed by atoms with E-state index in [0.29, 0.717) is 5.41 Å². The zero-order chi connectivity index (χ0) is 8.44. The first-order valence-electron chi connectivity index (χ1n) is 4.90. The molecule has 0 amide bonds. The molecule has 0 aromatic heterocycles. The summed E-state index contributed by atoms with van der Waals surface area (Å²) in [6.07, 6.45) is 4.95. The number of nitrogens with zero attached hydrogens (tertiary/aromatic N) is 1. The van der Waals surface area contributed by atoms with Crippen LogP contribution in [0, 0.1) is 11.8 Å². The van der Waals surface area contributed by atoms with E-state index in [0.717, 1.165) is 13.2 Å². The van der Waals surface area contributed by atoms with Crippen LogP contribution in [0.3, 0.4) is 0 Å². The highest BCUT2D eigenvalue weighted by Crippen LogP contribution is 2.28. The van der Waals surface area contributed by atoms with Gasteiger partial charge in [0.1, 0.15) is 0 Å². The fourth-order valence-corrected chi connectivity index (χ4v) is 2.04. The van der Waals surface area contributed by atoms with Crippen molar-refractivity contribution in [2.45, 2.75) is 19.8 Å². The van der Waals surface area contributed by atoms with Gasteiger partial charge >= 0.3 is 0 Å². The van der Waals surface area contributed by atoms with E-state index in [1.807, 2.05) is 0 Å². The monoisotopic (exact) mass is 168 g/mol. The number of hydrogen-bond donors (Lipinski definition) is 0. The number of piperidine rings is 1. The summed E-state index contributed by atoms with van der Waals surface area (Å²) in [6, 6.07) is 0. The van der Waals surface area contributed by atoms with Crippen LogP contribution in [0.5, 0.6) is 0 Å². The van der Waals surface area contributed by atoms with E-state index in [4.69, 9.17) is 4.74 Å². The van der Waals surface area contributed by atoms with Gasteiger partial charge in [-0.3, -0.25) is 0 Å². The maximum absolute atomic E-state index is 5.24. The van der Waals surface area contributed by atoms with Crippen LogP contribution >= 0.6 is 0 Å². The minimum absolute atomic E-state index is 0.470. The van der Waals surface area contributed by atoms with Crippen LogP contribution < -0.4 is 0 Å². The van der Waals surface area contributed by atoms with E-state index in [1.165, 1.54) is 32.5 Å². The molecule has 2 heteroatoms. The van der Waals surface area contributed by atoms with Crippen molar-refractivity contribution in [1.82, 2.24) is 4.90 Å². The Kier molecular flexibility index (Phi) is 2.37. The Morgan fingerprint density at radius 2 is 2.00 bits per heavy atom. The second-order valence-electron chi connectivity index (χ2n) is 4.45. The molecule has 2 nitrogen and oxygen atoms in total. The van der Waals surface area contributed by atoms with Gasteiger partial charge in [0.15, 0.2) is 0 Å². The molecular weight excluding hydrogens is 150 g/mol. The number of rotatable bonds is 2. The molecule has 0 N–H and O–H groups in total. The lowest BCUT2D eigenvalue weighted by molar-refractivity contribution is -0.115. The van der Waals surface area contributed by atoms with Crippen LogP contribution in [0.1, 0.15) is 19.8 Å². The van der Waals surface area contributed by atoms with Crippen molar-refractivity contribution in [1.29, 1.82) is 0 Å². The molecule has 0 bridgehead atoms. The minimum Gasteiger partial charge on any atom is -0.380 e. The van der Waals surface area contributed by atoms with Gasteiger partial charge in [0, 0.05) is 12.0 Å². The lowest BCUT2D eigenvalue weighted by Gasteiger charge is -2.42. The van der Waals surface area contributed by atoms with Gasteiger partial charge in [-0.25, -0.2) is 0 Å². The van der Waals surface area contributed by atoms with E-state index in [2.05, 4.69) is 18.2 Å². The molecule has 2 aliphatic heterocycles. The Morgan fingerprint density at radius 1 is 1.33 bits per heavy atom. The molecule has 2 aliphatic rings. The summed E-state index contributed by atoms with van der Waals surface area (Å²) in [6.45, 7) is 8.02. The minimum atomic E-state index is 0.470. The lowest BCUT2D eigenvalue weighted by atomic mass is 9.87. The molecule has 0 aromatic carbocycles. The summed E-state index contributed by atoms with van der Waals surface area (Å²) < 4.78 is 5.24. The van der Waals surface area contributed by atoms with E-state index in [9.17, 15) is 0 Å². The second-order valence-corrected chi connectivity index (χ2v) is 4.45. The van der Waals surface area contributed by atoms with Gasteiger partial charge in [-0.05, 0) is 32.4 Å². The fraction of sp³-hybridized carbons (Fsp3) is 0.900. The van der Waals surface area contributed by atoms with Gasteiger partial charge in [-0.15, -0.1) is 0 Å². The zero-order valence-electron chi connectivity index (χ0n) is 7.88. The van der Waals surface area contributed by atoms with Gasteiger partial charge in [-0.1, -0.05) is 6.92 Å². The molecule has 2 saturated heterocycles. The molecule has 0 aliphatic carbocycles. The Labute approximate surface area is 74.9 Å². The van der Waals surface area contributed by atoms with Gasteiger partial charge in [-0.2, -0.15) is 0 Å². The van der Waals surface area contributed by atoms with Crippen LogP contribution in [0.15, 0.2) is 0 Å². The SMILES string of the molecule is CC1(CN2CC[CH]CC2)COC1. The average Bonchev–Trinajstić information content (AvgIpc) is 2.04. The van der Waals surface area contributed by atoms with Crippen LogP contribution in [-0.4, -0.2) is 37.7 Å². The van der Waals surface area contributed by atoms with Gasteiger partial charge in [0.05, 0.1) is 13.2 Å². The maximum Gasteiger partial charge on any atom is 0.0554 e. The van der Waals surface area contributed by atoms with E-state index < -0.39 is 0 Å². The van der Waals surface area contributed by atoms with Crippen molar-refractivity contribution >= 4 is 0 Å². The first-order chi connectivity index (χ1) is 5.79. The molecule has 12 heavy (non-hydrogen) atoms. The molecule has 0 saturated carbocycles. The topological polar surface area (TPSA) is 12.5 Å². The van der Waals surface area contributed by atoms with Gasteiger partial charge in [0.25, 0.3) is 0 Å². The highest BCUT2D eigenvalue weighted by Gasteiger charge is 2.35. The Morgan fingerprint density at radius 3 is 2.50 bits per heavy atom. The molecule has 0 atom stereocenters. The highest BCUT2D eigenvalue weighted by molar-refractivity contribution is 4.87. The average molecular weight is 168 g/mol. The zero-order valence-corrected chi connectivity index (χ0v) is 7.88. The fourth-order valence-electron chi connectivity index (χ4n) is 2.04. The largest absolute Gasteiger partial charge is 0.380 e. The Bertz CT molecular complexity index is 148. The van der Waals surface area contributed by atoms with Gasteiger partial charge in [0.2, 0.25) is 0 Å². The summed E-state index contributed by atoms with van der Waals surface area (Å²) in [5.41, 5.74) is 0.470. The molecule has 2 rings (SSSR count). The molecule has 1 radical (unpaired) electrons. The summed E-state index contributed by atoms with van der Waals surface area (Å²) in [4.78, 5) is 2.57. The number of hydrogen-bond acceptors (Lipinski definition) is 2. The van der Waals surface area contributed by atoms with E-state index in [1.54, 1.807) is 0 Å². The smallest absolute Gasteiger partial charge is 0.0554 e. The summed E-state index contributed by atoms with van der Waals surface area (Å²) in [7, 11) is 0. The maximum atomic E-state index is 5.24. The van der Waals surface area contributed by atoms with Crippen molar-refractivity contribution in [3.8, 4) is 0 Å². The normalized spacial score (nSPS) is 29.8. The third-order valence-corrected chi connectivity index (χ3v) is 2.81. The molecule has 2 heterocycles.